The van der Waals surface area contributed by atoms with Crippen LogP contribution in [0.2, 0.25) is 0 Å². The minimum atomic E-state index is 0.290. The second-order valence-electron chi connectivity index (χ2n) is 3.80. The highest BCUT2D eigenvalue weighted by atomic mass is 16.5. The van der Waals surface area contributed by atoms with Crippen molar-refractivity contribution in [1.82, 2.24) is 4.98 Å². The van der Waals surface area contributed by atoms with Crippen molar-refractivity contribution in [1.29, 1.82) is 0 Å². The van der Waals surface area contributed by atoms with Crippen LogP contribution in [0, 0.1) is 0 Å². The molecule has 0 radical (unpaired) electrons. The molecule has 1 aromatic carbocycles. The van der Waals surface area contributed by atoms with Crippen LogP contribution in [0.25, 0.3) is 0 Å². The molecule has 0 aliphatic rings. The van der Waals surface area contributed by atoms with Crippen molar-refractivity contribution in [3.05, 3.63) is 71.7 Å². The van der Waals surface area contributed by atoms with Crippen LogP contribution in [0.1, 0.15) is 11.3 Å². The van der Waals surface area contributed by atoms with E-state index in [0.717, 1.165) is 11.3 Å². The van der Waals surface area contributed by atoms with Crippen LogP contribution in [-0.4, -0.2) is 10.9 Å². The SMILES string of the molecule is O=C=C(Cc1ccccc1)OCc1ccccn1. The molecule has 0 aliphatic carbocycles. The number of nitrogens with zero attached hydrogens (tertiary/aromatic N) is 1. The van der Waals surface area contributed by atoms with Crippen molar-refractivity contribution in [2.75, 3.05) is 0 Å². The van der Waals surface area contributed by atoms with Crippen LogP contribution >= 0.6 is 0 Å². The van der Waals surface area contributed by atoms with Gasteiger partial charge >= 0.3 is 0 Å². The predicted molar refractivity (Wildman–Crippen MR) is 68.4 cm³/mol. The molecule has 0 unspecified atom stereocenters. The average Bonchev–Trinajstić information content (AvgIpc) is 2.45. The smallest absolute Gasteiger partial charge is 0.184 e. The summed E-state index contributed by atoms with van der Waals surface area (Å²) in [5, 5.41) is 0. The van der Waals surface area contributed by atoms with E-state index in [2.05, 4.69) is 4.98 Å². The lowest BCUT2D eigenvalue weighted by molar-refractivity contribution is 0.193. The quantitative estimate of drug-likeness (QED) is 0.594. The second-order valence-corrected chi connectivity index (χ2v) is 3.80. The topological polar surface area (TPSA) is 39.2 Å². The Morgan fingerprint density at radius 3 is 2.56 bits per heavy atom. The Morgan fingerprint density at radius 1 is 1.11 bits per heavy atom. The molecule has 2 aromatic rings. The summed E-state index contributed by atoms with van der Waals surface area (Å²) >= 11 is 0. The van der Waals surface area contributed by atoms with Crippen LogP contribution in [0.3, 0.4) is 0 Å². The highest BCUT2D eigenvalue weighted by Crippen LogP contribution is 2.08. The van der Waals surface area contributed by atoms with Crippen molar-refractivity contribution in [3.63, 3.8) is 0 Å². The largest absolute Gasteiger partial charge is 0.480 e. The number of benzene rings is 1. The molecule has 0 N–H and O–H groups in total. The molecule has 0 spiro atoms. The maximum absolute atomic E-state index is 10.8. The van der Waals surface area contributed by atoms with Gasteiger partial charge in [0, 0.05) is 12.6 Å². The van der Waals surface area contributed by atoms with Crippen molar-refractivity contribution in [3.8, 4) is 0 Å². The van der Waals surface area contributed by atoms with Gasteiger partial charge in [-0.05, 0) is 17.7 Å². The molecule has 0 amide bonds. The molecule has 0 fully saturated rings. The normalized spacial score (nSPS) is 9.56. The summed E-state index contributed by atoms with van der Waals surface area (Å²) in [6, 6.07) is 15.3. The van der Waals surface area contributed by atoms with E-state index < -0.39 is 0 Å². The van der Waals surface area contributed by atoms with Crippen LogP contribution in [0.5, 0.6) is 0 Å². The van der Waals surface area contributed by atoms with Gasteiger partial charge in [-0.1, -0.05) is 36.4 Å². The number of rotatable bonds is 5. The van der Waals surface area contributed by atoms with E-state index in [1.165, 1.54) is 0 Å². The molecule has 0 aliphatic heterocycles. The Labute approximate surface area is 106 Å². The fraction of sp³-hybridized carbons (Fsp3) is 0.133. The molecular formula is C15H13NO2. The lowest BCUT2D eigenvalue weighted by atomic mass is 10.1. The molecule has 0 atom stereocenters. The Kier molecular flexibility index (Phi) is 4.28. The molecule has 18 heavy (non-hydrogen) atoms. The molecule has 1 heterocycles. The summed E-state index contributed by atoms with van der Waals surface area (Å²) in [6.07, 6.45) is 2.15. The number of carbonyl (C=O) groups excluding carboxylic acids is 1. The molecule has 0 bridgehead atoms. The van der Waals surface area contributed by atoms with E-state index in [0.29, 0.717) is 12.2 Å². The first-order chi connectivity index (χ1) is 8.88. The lowest BCUT2D eigenvalue weighted by Crippen LogP contribution is -1.99. The molecular weight excluding hydrogens is 226 g/mol. The zero-order chi connectivity index (χ0) is 12.6. The monoisotopic (exact) mass is 239 g/mol. The number of hydrogen-bond donors (Lipinski definition) is 0. The molecule has 2 rings (SSSR count). The van der Waals surface area contributed by atoms with E-state index >= 15 is 0 Å². The van der Waals surface area contributed by atoms with Crippen molar-refractivity contribution < 1.29 is 9.53 Å². The summed E-state index contributed by atoms with van der Waals surface area (Å²) in [7, 11) is 0. The van der Waals surface area contributed by atoms with Crippen molar-refractivity contribution >= 4 is 5.94 Å². The fourth-order valence-corrected chi connectivity index (χ4v) is 1.54. The minimum absolute atomic E-state index is 0.290. The lowest BCUT2D eigenvalue weighted by Gasteiger charge is -2.06. The fourth-order valence-electron chi connectivity index (χ4n) is 1.54. The van der Waals surface area contributed by atoms with E-state index in [1.807, 2.05) is 54.5 Å². The maximum atomic E-state index is 10.8. The Balaban J connectivity index is 1.93. The first-order valence-electron chi connectivity index (χ1n) is 5.69. The van der Waals surface area contributed by atoms with E-state index in [-0.39, 0.29) is 6.61 Å². The van der Waals surface area contributed by atoms with Crippen LogP contribution in [0.15, 0.2) is 60.5 Å². The molecule has 0 saturated carbocycles. The number of allylic oxidation sites excluding steroid dienone is 1. The number of hydrogen-bond acceptors (Lipinski definition) is 3. The Morgan fingerprint density at radius 2 is 1.89 bits per heavy atom. The highest BCUT2D eigenvalue weighted by molar-refractivity contribution is 5.50. The van der Waals surface area contributed by atoms with Crippen LogP contribution in [-0.2, 0) is 22.6 Å². The molecule has 0 saturated heterocycles. The van der Waals surface area contributed by atoms with E-state index in [4.69, 9.17) is 4.74 Å². The van der Waals surface area contributed by atoms with Gasteiger partial charge < -0.3 is 4.74 Å². The first-order valence-corrected chi connectivity index (χ1v) is 5.69. The van der Waals surface area contributed by atoms with Crippen LogP contribution < -0.4 is 0 Å². The summed E-state index contributed by atoms with van der Waals surface area (Å²) < 4.78 is 5.41. The third kappa shape index (κ3) is 3.58. The first kappa shape index (κ1) is 12.1. The van der Waals surface area contributed by atoms with Gasteiger partial charge in [-0.15, -0.1) is 0 Å². The van der Waals surface area contributed by atoms with Gasteiger partial charge in [0.25, 0.3) is 0 Å². The zero-order valence-electron chi connectivity index (χ0n) is 9.87. The Bertz CT molecular complexity index is 531. The minimum Gasteiger partial charge on any atom is -0.480 e. The predicted octanol–water partition coefficient (Wildman–Crippen LogP) is 2.56. The summed E-state index contributed by atoms with van der Waals surface area (Å²) in [6.45, 7) is 0.290. The van der Waals surface area contributed by atoms with Gasteiger partial charge in [0.2, 0.25) is 0 Å². The van der Waals surface area contributed by atoms with Gasteiger partial charge in [-0.3, -0.25) is 4.98 Å². The van der Waals surface area contributed by atoms with E-state index in [9.17, 15) is 4.79 Å². The van der Waals surface area contributed by atoms with Crippen LogP contribution in [0.4, 0.5) is 0 Å². The third-order valence-electron chi connectivity index (χ3n) is 2.44. The molecule has 1 aromatic heterocycles. The molecule has 3 heteroatoms. The van der Waals surface area contributed by atoms with Crippen molar-refractivity contribution in [2.24, 2.45) is 0 Å². The van der Waals surface area contributed by atoms with E-state index in [1.54, 1.807) is 6.20 Å². The second kappa shape index (κ2) is 6.38. The zero-order valence-corrected chi connectivity index (χ0v) is 9.87. The average molecular weight is 239 g/mol. The standard InChI is InChI=1S/C15H13NO2/c17-11-15(10-13-6-2-1-3-7-13)18-12-14-8-4-5-9-16-14/h1-9H,10,12H2. The molecule has 3 nitrogen and oxygen atoms in total. The van der Waals surface area contributed by atoms with Crippen molar-refractivity contribution in [2.45, 2.75) is 13.0 Å². The third-order valence-corrected chi connectivity index (χ3v) is 2.44. The summed E-state index contributed by atoms with van der Waals surface area (Å²) in [4.78, 5) is 14.9. The number of pyridine rings is 1. The number of ether oxygens (including phenoxy) is 1. The molecule has 90 valence electrons. The van der Waals surface area contributed by atoms with Gasteiger partial charge in [0.1, 0.15) is 6.61 Å². The van der Waals surface area contributed by atoms with Gasteiger partial charge in [0.05, 0.1) is 5.69 Å². The summed E-state index contributed by atoms with van der Waals surface area (Å²) in [5.41, 5.74) is 1.81. The van der Waals surface area contributed by atoms with Gasteiger partial charge in [-0.2, -0.15) is 0 Å². The Hall–Kier alpha value is -2.38. The maximum Gasteiger partial charge on any atom is 0.184 e. The number of aromatic nitrogens is 1. The van der Waals surface area contributed by atoms with Gasteiger partial charge in [-0.25, -0.2) is 4.79 Å². The summed E-state index contributed by atoms with van der Waals surface area (Å²) in [5.74, 6) is 2.14. The van der Waals surface area contributed by atoms with Gasteiger partial charge in [0.15, 0.2) is 11.7 Å². The highest BCUT2D eigenvalue weighted by Gasteiger charge is 2.03.